The number of methoxy groups -OCH3 is 2. The Morgan fingerprint density at radius 1 is 1.00 bits per heavy atom. The highest BCUT2D eigenvalue weighted by Crippen LogP contribution is 2.35. The molecule has 1 amide bonds. The maximum atomic E-state index is 12.9. The second kappa shape index (κ2) is 8.47. The van der Waals surface area contributed by atoms with Crippen LogP contribution in [0.1, 0.15) is 27.4 Å². The minimum absolute atomic E-state index is 0.187. The number of fused-ring (bicyclic) bond motifs is 1. The SMILES string of the molecule is COc1ccc(-c2c(C)nn3c(C)c(C(=O)Nc4ccc(Cl)c(C)c4)nnc23)cc1OC. The van der Waals surface area contributed by atoms with Crippen LogP contribution < -0.4 is 14.8 Å². The highest BCUT2D eigenvalue weighted by Gasteiger charge is 2.21. The molecule has 0 spiro atoms. The normalized spacial score (nSPS) is 10.9. The van der Waals surface area contributed by atoms with Crippen LogP contribution in [0.25, 0.3) is 16.8 Å². The molecule has 32 heavy (non-hydrogen) atoms. The first kappa shape index (κ1) is 21.6. The van der Waals surface area contributed by atoms with Gasteiger partial charge in [0, 0.05) is 10.7 Å². The van der Waals surface area contributed by atoms with E-state index in [-0.39, 0.29) is 11.6 Å². The molecule has 0 unspecified atom stereocenters. The molecule has 2 heterocycles. The minimum Gasteiger partial charge on any atom is -0.493 e. The number of hydrogen-bond acceptors (Lipinski definition) is 6. The summed E-state index contributed by atoms with van der Waals surface area (Å²) in [4.78, 5) is 12.9. The van der Waals surface area contributed by atoms with Crippen LogP contribution in [0.4, 0.5) is 5.69 Å². The van der Waals surface area contributed by atoms with Gasteiger partial charge in [-0.15, -0.1) is 10.2 Å². The van der Waals surface area contributed by atoms with Gasteiger partial charge in [-0.3, -0.25) is 4.79 Å². The van der Waals surface area contributed by atoms with Gasteiger partial charge in [0.05, 0.1) is 31.2 Å². The van der Waals surface area contributed by atoms with Crippen molar-refractivity contribution in [3.05, 3.63) is 64.1 Å². The number of carbonyl (C=O) groups excluding carboxylic acids is 1. The molecular formula is C23H22ClN5O3. The van der Waals surface area contributed by atoms with Crippen molar-refractivity contribution in [2.75, 3.05) is 19.5 Å². The van der Waals surface area contributed by atoms with E-state index in [2.05, 4.69) is 20.6 Å². The van der Waals surface area contributed by atoms with Gasteiger partial charge in [0.1, 0.15) is 0 Å². The van der Waals surface area contributed by atoms with E-state index in [9.17, 15) is 4.79 Å². The molecule has 0 radical (unpaired) electrons. The second-order valence-corrected chi connectivity index (χ2v) is 7.72. The van der Waals surface area contributed by atoms with Crippen molar-refractivity contribution in [3.63, 3.8) is 0 Å². The number of carbonyl (C=O) groups is 1. The zero-order chi connectivity index (χ0) is 23.0. The minimum atomic E-state index is -0.376. The fraction of sp³-hybridized carbons (Fsp3) is 0.217. The van der Waals surface area contributed by atoms with Crippen molar-refractivity contribution in [2.24, 2.45) is 0 Å². The number of hydrogen-bond donors (Lipinski definition) is 1. The van der Waals surface area contributed by atoms with E-state index in [1.807, 2.05) is 32.0 Å². The monoisotopic (exact) mass is 451 g/mol. The zero-order valence-corrected chi connectivity index (χ0v) is 19.1. The van der Waals surface area contributed by atoms with Crippen molar-refractivity contribution >= 4 is 28.8 Å². The summed E-state index contributed by atoms with van der Waals surface area (Å²) in [7, 11) is 3.17. The van der Waals surface area contributed by atoms with E-state index in [1.165, 1.54) is 0 Å². The van der Waals surface area contributed by atoms with Crippen LogP contribution in [-0.4, -0.2) is 39.9 Å². The van der Waals surface area contributed by atoms with Crippen molar-refractivity contribution in [1.82, 2.24) is 19.8 Å². The number of benzene rings is 2. The maximum absolute atomic E-state index is 12.9. The fourth-order valence-electron chi connectivity index (χ4n) is 3.56. The standard InChI is InChI=1S/C23H22ClN5O3/c1-12-10-16(7-8-17(12)24)25-23(30)21-14(3)29-22(27-26-21)20(13(2)28-29)15-6-9-18(31-4)19(11-15)32-5/h6-11H,1-5H3,(H,25,30). The first-order valence-corrected chi connectivity index (χ1v) is 10.2. The van der Waals surface area contributed by atoms with E-state index < -0.39 is 0 Å². The fourth-order valence-corrected chi connectivity index (χ4v) is 3.68. The van der Waals surface area contributed by atoms with Gasteiger partial charge < -0.3 is 14.8 Å². The molecule has 2 aromatic carbocycles. The largest absolute Gasteiger partial charge is 0.493 e. The number of ether oxygens (including phenoxy) is 2. The molecule has 4 rings (SSSR count). The molecule has 4 aromatic rings. The lowest BCUT2D eigenvalue weighted by atomic mass is 10.1. The number of amides is 1. The van der Waals surface area contributed by atoms with Gasteiger partial charge in [0.2, 0.25) is 0 Å². The summed E-state index contributed by atoms with van der Waals surface area (Å²) in [5.74, 6) is 0.853. The first-order chi connectivity index (χ1) is 15.3. The molecule has 0 saturated carbocycles. The Hall–Kier alpha value is -3.65. The third kappa shape index (κ3) is 3.73. The highest BCUT2D eigenvalue weighted by atomic mass is 35.5. The Labute approximate surface area is 190 Å². The van der Waals surface area contributed by atoms with E-state index >= 15 is 0 Å². The predicted molar refractivity (Wildman–Crippen MR) is 123 cm³/mol. The van der Waals surface area contributed by atoms with Gasteiger partial charge in [0.25, 0.3) is 5.91 Å². The summed E-state index contributed by atoms with van der Waals surface area (Å²) >= 11 is 6.07. The number of nitrogens with one attached hydrogen (secondary N) is 1. The summed E-state index contributed by atoms with van der Waals surface area (Å²) in [5, 5.41) is 16.6. The molecule has 9 heteroatoms. The molecule has 164 valence electrons. The average Bonchev–Trinajstić information content (AvgIpc) is 3.12. The zero-order valence-electron chi connectivity index (χ0n) is 18.4. The van der Waals surface area contributed by atoms with Gasteiger partial charge in [-0.1, -0.05) is 17.7 Å². The predicted octanol–water partition coefficient (Wildman–Crippen LogP) is 4.64. The van der Waals surface area contributed by atoms with Gasteiger partial charge in [-0.25, -0.2) is 4.52 Å². The van der Waals surface area contributed by atoms with Crippen LogP contribution in [0.15, 0.2) is 36.4 Å². The first-order valence-electron chi connectivity index (χ1n) is 9.86. The summed E-state index contributed by atoms with van der Waals surface area (Å²) in [5.41, 5.74) is 5.22. The molecule has 8 nitrogen and oxygen atoms in total. The van der Waals surface area contributed by atoms with E-state index in [1.54, 1.807) is 43.9 Å². The Morgan fingerprint density at radius 2 is 1.75 bits per heavy atom. The van der Waals surface area contributed by atoms with Gasteiger partial charge >= 0.3 is 0 Å². The summed E-state index contributed by atoms with van der Waals surface area (Å²) in [6.07, 6.45) is 0. The Kier molecular flexibility index (Phi) is 5.71. The molecule has 0 aliphatic rings. The number of rotatable bonds is 5. The quantitative estimate of drug-likeness (QED) is 0.475. The average molecular weight is 452 g/mol. The maximum Gasteiger partial charge on any atom is 0.278 e. The number of aromatic nitrogens is 4. The van der Waals surface area contributed by atoms with Crippen molar-refractivity contribution < 1.29 is 14.3 Å². The van der Waals surface area contributed by atoms with E-state index in [0.717, 1.165) is 22.4 Å². The Balaban J connectivity index is 1.74. The lowest BCUT2D eigenvalue weighted by molar-refractivity contribution is 0.102. The van der Waals surface area contributed by atoms with Crippen molar-refractivity contribution in [1.29, 1.82) is 0 Å². The smallest absolute Gasteiger partial charge is 0.278 e. The summed E-state index contributed by atoms with van der Waals surface area (Å²) in [6, 6.07) is 10.9. The Morgan fingerprint density at radius 3 is 2.44 bits per heavy atom. The van der Waals surface area contributed by atoms with Crippen molar-refractivity contribution in [3.8, 4) is 22.6 Å². The molecule has 2 aromatic heterocycles. The molecule has 1 N–H and O–H groups in total. The topological polar surface area (TPSA) is 90.6 Å². The van der Waals surface area contributed by atoms with Crippen LogP contribution in [0.5, 0.6) is 11.5 Å². The highest BCUT2D eigenvalue weighted by molar-refractivity contribution is 6.31. The van der Waals surface area contributed by atoms with Crippen LogP contribution in [-0.2, 0) is 0 Å². The van der Waals surface area contributed by atoms with Crippen LogP contribution in [0.3, 0.4) is 0 Å². The molecular weight excluding hydrogens is 430 g/mol. The van der Waals surface area contributed by atoms with Gasteiger partial charge in [0.15, 0.2) is 22.8 Å². The third-order valence-corrected chi connectivity index (χ3v) is 5.67. The number of aryl methyl sites for hydroxylation is 3. The lowest BCUT2D eigenvalue weighted by Crippen LogP contribution is -2.18. The molecule has 0 aliphatic carbocycles. The van der Waals surface area contributed by atoms with Crippen LogP contribution in [0.2, 0.25) is 5.02 Å². The van der Waals surface area contributed by atoms with Crippen LogP contribution in [0, 0.1) is 20.8 Å². The van der Waals surface area contributed by atoms with Gasteiger partial charge in [-0.2, -0.15) is 5.10 Å². The van der Waals surface area contributed by atoms with Crippen LogP contribution >= 0.6 is 11.6 Å². The molecule has 0 saturated heterocycles. The van der Waals surface area contributed by atoms with Gasteiger partial charge in [-0.05, 0) is 62.2 Å². The van der Waals surface area contributed by atoms with E-state index in [0.29, 0.717) is 33.6 Å². The third-order valence-electron chi connectivity index (χ3n) is 5.24. The van der Waals surface area contributed by atoms with E-state index in [4.69, 9.17) is 21.1 Å². The molecule has 0 bridgehead atoms. The number of nitrogens with zero attached hydrogens (tertiary/aromatic N) is 4. The number of halogens is 1. The molecule has 0 fully saturated rings. The summed E-state index contributed by atoms with van der Waals surface area (Å²) < 4.78 is 12.4. The second-order valence-electron chi connectivity index (χ2n) is 7.32. The lowest BCUT2D eigenvalue weighted by Gasteiger charge is -2.10. The summed E-state index contributed by atoms with van der Waals surface area (Å²) in [6.45, 7) is 5.54. The molecule has 0 atom stereocenters. The Bertz CT molecular complexity index is 1350. The number of anilines is 1. The molecule has 0 aliphatic heterocycles. The van der Waals surface area contributed by atoms with Crippen molar-refractivity contribution in [2.45, 2.75) is 20.8 Å².